The normalized spacial score (nSPS) is 12.4. The highest BCUT2D eigenvalue weighted by atomic mass is 16.5. The molecule has 0 bridgehead atoms. The first-order chi connectivity index (χ1) is 7.68. The summed E-state index contributed by atoms with van der Waals surface area (Å²) in [6, 6.07) is 5.93. The van der Waals surface area contributed by atoms with E-state index in [1.807, 2.05) is 32.0 Å². The van der Waals surface area contributed by atoms with Gasteiger partial charge in [0.2, 0.25) is 0 Å². The van der Waals surface area contributed by atoms with Gasteiger partial charge in [-0.25, -0.2) is 4.98 Å². The van der Waals surface area contributed by atoms with Crippen molar-refractivity contribution in [2.75, 3.05) is 5.32 Å². The smallest absolute Gasteiger partial charge is 0.139 e. The molecule has 2 aromatic heterocycles. The molecule has 84 valence electrons. The van der Waals surface area contributed by atoms with Crippen LogP contribution in [0.1, 0.15) is 30.0 Å². The Kier molecular flexibility index (Phi) is 2.90. The maximum absolute atomic E-state index is 5.14. The quantitative estimate of drug-likeness (QED) is 0.858. The summed E-state index contributed by atoms with van der Waals surface area (Å²) in [5.74, 6) is 1.71. The zero-order valence-electron chi connectivity index (χ0n) is 9.69. The molecule has 4 nitrogen and oxygen atoms in total. The lowest BCUT2D eigenvalue weighted by atomic mass is 10.1. The molecule has 1 atom stereocenters. The van der Waals surface area contributed by atoms with Crippen molar-refractivity contribution in [3.8, 4) is 0 Å². The predicted octanol–water partition coefficient (Wildman–Crippen LogP) is 2.86. The van der Waals surface area contributed by atoms with Crippen LogP contribution >= 0.6 is 0 Å². The Morgan fingerprint density at radius 2 is 2.12 bits per heavy atom. The van der Waals surface area contributed by atoms with Gasteiger partial charge in [-0.05, 0) is 32.9 Å². The summed E-state index contributed by atoms with van der Waals surface area (Å²) < 4.78 is 5.14. The monoisotopic (exact) mass is 217 g/mol. The van der Waals surface area contributed by atoms with E-state index in [2.05, 4.69) is 22.4 Å². The molecule has 0 saturated carbocycles. The van der Waals surface area contributed by atoms with Crippen LogP contribution in [0.2, 0.25) is 0 Å². The van der Waals surface area contributed by atoms with Gasteiger partial charge in [0.05, 0.1) is 11.7 Å². The fourth-order valence-electron chi connectivity index (χ4n) is 1.85. The number of anilines is 1. The molecule has 1 N–H and O–H groups in total. The number of aryl methyl sites for hydroxylation is 2. The number of pyridine rings is 1. The standard InChI is InChI=1S/C12H15N3O/c1-8(12-9(2)15-16-10(12)3)14-11-6-4-5-7-13-11/h4-8H,1-3H3,(H,13,14). The van der Waals surface area contributed by atoms with Crippen LogP contribution in [0.25, 0.3) is 0 Å². The van der Waals surface area contributed by atoms with Crippen LogP contribution in [0.3, 0.4) is 0 Å². The van der Waals surface area contributed by atoms with Crippen LogP contribution in [-0.2, 0) is 0 Å². The van der Waals surface area contributed by atoms with Crippen LogP contribution in [0.15, 0.2) is 28.9 Å². The summed E-state index contributed by atoms with van der Waals surface area (Å²) in [6.07, 6.45) is 1.77. The Bertz CT molecular complexity index is 445. The first kappa shape index (κ1) is 10.7. The van der Waals surface area contributed by atoms with Crippen molar-refractivity contribution in [3.05, 3.63) is 41.4 Å². The number of aromatic nitrogens is 2. The summed E-state index contributed by atoms with van der Waals surface area (Å²) in [7, 11) is 0. The van der Waals surface area contributed by atoms with Crippen molar-refractivity contribution in [3.63, 3.8) is 0 Å². The van der Waals surface area contributed by atoms with Crippen LogP contribution in [-0.4, -0.2) is 10.1 Å². The zero-order chi connectivity index (χ0) is 11.5. The lowest BCUT2D eigenvalue weighted by Gasteiger charge is -2.13. The van der Waals surface area contributed by atoms with Crippen LogP contribution in [0.4, 0.5) is 5.82 Å². The van der Waals surface area contributed by atoms with Gasteiger partial charge in [0.1, 0.15) is 11.6 Å². The van der Waals surface area contributed by atoms with Gasteiger partial charge in [0.25, 0.3) is 0 Å². The average Bonchev–Trinajstić information content (AvgIpc) is 2.60. The van der Waals surface area contributed by atoms with Crippen LogP contribution in [0.5, 0.6) is 0 Å². The van der Waals surface area contributed by atoms with E-state index in [9.17, 15) is 0 Å². The lowest BCUT2D eigenvalue weighted by molar-refractivity contribution is 0.392. The van der Waals surface area contributed by atoms with Gasteiger partial charge in [-0.3, -0.25) is 0 Å². The molecule has 0 radical (unpaired) electrons. The van der Waals surface area contributed by atoms with Gasteiger partial charge in [0, 0.05) is 11.8 Å². The molecule has 0 aliphatic heterocycles. The van der Waals surface area contributed by atoms with Crippen molar-refractivity contribution in [2.24, 2.45) is 0 Å². The average molecular weight is 217 g/mol. The molecule has 16 heavy (non-hydrogen) atoms. The first-order valence-electron chi connectivity index (χ1n) is 5.29. The van der Waals surface area contributed by atoms with Crippen molar-refractivity contribution in [1.82, 2.24) is 10.1 Å². The van der Waals surface area contributed by atoms with E-state index in [1.165, 1.54) is 0 Å². The van der Waals surface area contributed by atoms with E-state index in [0.29, 0.717) is 0 Å². The Morgan fingerprint density at radius 3 is 2.69 bits per heavy atom. The molecule has 0 saturated heterocycles. The maximum atomic E-state index is 5.14. The molecule has 0 amide bonds. The number of nitrogens with one attached hydrogen (secondary N) is 1. The second-order valence-electron chi connectivity index (χ2n) is 3.82. The van der Waals surface area contributed by atoms with Gasteiger partial charge < -0.3 is 9.84 Å². The first-order valence-corrected chi connectivity index (χ1v) is 5.29. The molecule has 2 rings (SSSR count). The Hall–Kier alpha value is -1.84. The second-order valence-corrected chi connectivity index (χ2v) is 3.82. The highest BCUT2D eigenvalue weighted by Crippen LogP contribution is 2.23. The van der Waals surface area contributed by atoms with Crippen molar-refractivity contribution < 1.29 is 4.52 Å². The van der Waals surface area contributed by atoms with E-state index in [4.69, 9.17) is 4.52 Å². The zero-order valence-corrected chi connectivity index (χ0v) is 9.69. The van der Waals surface area contributed by atoms with Gasteiger partial charge in [-0.2, -0.15) is 0 Å². The molecule has 2 aromatic rings. The maximum Gasteiger partial charge on any atom is 0.139 e. The predicted molar refractivity (Wildman–Crippen MR) is 62.3 cm³/mol. The minimum atomic E-state index is 0.140. The van der Waals surface area contributed by atoms with Crippen molar-refractivity contribution in [2.45, 2.75) is 26.8 Å². The van der Waals surface area contributed by atoms with Crippen molar-refractivity contribution in [1.29, 1.82) is 0 Å². The highest BCUT2D eigenvalue weighted by molar-refractivity contribution is 5.39. The lowest BCUT2D eigenvalue weighted by Crippen LogP contribution is -2.09. The molecule has 0 fully saturated rings. The molecule has 2 heterocycles. The SMILES string of the molecule is Cc1noc(C)c1C(C)Nc1ccccn1. The molecule has 1 unspecified atom stereocenters. The van der Waals surface area contributed by atoms with Gasteiger partial charge in [0.15, 0.2) is 0 Å². The summed E-state index contributed by atoms with van der Waals surface area (Å²) in [5, 5.41) is 7.26. The topological polar surface area (TPSA) is 51.0 Å². The van der Waals surface area contributed by atoms with Crippen molar-refractivity contribution >= 4 is 5.82 Å². The largest absolute Gasteiger partial charge is 0.363 e. The Balaban J connectivity index is 2.18. The Morgan fingerprint density at radius 1 is 1.31 bits per heavy atom. The van der Waals surface area contributed by atoms with Crippen LogP contribution in [0, 0.1) is 13.8 Å². The van der Waals surface area contributed by atoms with E-state index in [0.717, 1.165) is 22.8 Å². The van der Waals surface area contributed by atoms with E-state index < -0.39 is 0 Å². The third-order valence-corrected chi connectivity index (χ3v) is 2.55. The summed E-state index contributed by atoms with van der Waals surface area (Å²) in [6.45, 7) is 5.94. The fraction of sp³-hybridized carbons (Fsp3) is 0.333. The highest BCUT2D eigenvalue weighted by Gasteiger charge is 2.16. The third-order valence-electron chi connectivity index (χ3n) is 2.55. The molecular weight excluding hydrogens is 202 g/mol. The number of nitrogens with zero attached hydrogens (tertiary/aromatic N) is 2. The van der Waals surface area contributed by atoms with E-state index >= 15 is 0 Å². The molecule has 4 heteroatoms. The minimum absolute atomic E-state index is 0.140. The summed E-state index contributed by atoms with van der Waals surface area (Å²) in [4.78, 5) is 4.23. The van der Waals surface area contributed by atoms with Gasteiger partial charge >= 0.3 is 0 Å². The number of hydrogen-bond donors (Lipinski definition) is 1. The van der Waals surface area contributed by atoms with Crippen LogP contribution < -0.4 is 5.32 Å². The minimum Gasteiger partial charge on any atom is -0.363 e. The third kappa shape index (κ3) is 2.05. The number of rotatable bonds is 3. The Labute approximate surface area is 94.7 Å². The van der Waals surface area contributed by atoms with Gasteiger partial charge in [-0.15, -0.1) is 0 Å². The molecule has 0 aliphatic rings. The molecule has 0 aliphatic carbocycles. The fourth-order valence-corrected chi connectivity index (χ4v) is 1.85. The van der Waals surface area contributed by atoms with E-state index in [1.54, 1.807) is 6.20 Å². The van der Waals surface area contributed by atoms with Gasteiger partial charge in [-0.1, -0.05) is 11.2 Å². The molecule has 0 aromatic carbocycles. The summed E-state index contributed by atoms with van der Waals surface area (Å²) >= 11 is 0. The second kappa shape index (κ2) is 4.35. The number of hydrogen-bond acceptors (Lipinski definition) is 4. The van der Waals surface area contributed by atoms with E-state index in [-0.39, 0.29) is 6.04 Å². The molecule has 0 spiro atoms. The molecular formula is C12H15N3O. The summed E-state index contributed by atoms with van der Waals surface area (Å²) in [5.41, 5.74) is 2.03.